The monoisotopic (exact) mass is 274 g/mol. The number of aryl methyl sites for hydroxylation is 1. The van der Waals surface area contributed by atoms with Gasteiger partial charge in [-0.1, -0.05) is 0 Å². The lowest BCUT2D eigenvalue weighted by Gasteiger charge is -2.01. The van der Waals surface area contributed by atoms with Crippen LogP contribution >= 0.6 is 10.7 Å². The SMILES string of the molecule is Cn1cc(S(=O)(=O)Cl)c(COCC(F)F)n1. The summed E-state index contributed by atoms with van der Waals surface area (Å²) in [5.74, 6) is 0. The Hall–Kier alpha value is -0.730. The van der Waals surface area contributed by atoms with Crippen molar-refractivity contribution in [2.24, 2.45) is 7.05 Å². The third-order valence-electron chi connectivity index (χ3n) is 1.61. The molecule has 0 fully saturated rings. The lowest BCUT2D eigenvalue weighted by Crippen LogP contribution is -2.06. The lowest BCUT2D eigenvalue weighted by atomic mass is 10.5. The largest absolute Gasteiger partial charge is 0.369 e. The molecule has 92 valence electrons. The highest BCUT2D eigenvalue weighted by molar-refractivity contribution is 8.13. The first-order valence-corrected chi connectivity index (χ1v) is 6.44. The van der Waals surface area contributed by atoms with Crippen LogP contribution in [0.5, 0.6) is 0 Å². The molecule has 0 aromatic carbocycles. The summed E-state index contributed by atoms with van der Waals surface area (Å²) in [6, 6.07) is 0. The van der Waals surface area contributed by atoms with Crippen molar-refractivity contribution in [3.8, 4) is 0 Å². The Balaban J connectivity index is 2.80. The van der Waals surface area contributed by atoms with Crippen LogP contribution in [0, 0.1) is 0 Å². The number of rotatable bonds is 5. The Morgan fingerprint density at radius 2 is 2.25 bits per heavy atom. The average Bonchev–Trinajstić information content (AvgIpc) is 2.45. The van der Waals surface area contributed by atoms with Crippen molar-refractivity contribution in [2.45, 2.75) is 17.9 Å². The molecule has 0 spiro atoms. The molecule has 9 heteroatoms. The van der Waals surface area contributed by atoms with Crippen LogP contribution in [0.1, 0.15) is 5.69 Å². The molecule has 1 heterocycles. The molecule has 0 saturated carbocycles. The van der Waals surface area contributed by atoms with Gasteiger partial charge < -0.3 is 4.74 Å². The summed E-state index contributed by atoms with van der Waals surface area (Å²) in [5.41, 5.74) is 0.0122. The van der Waals surface area contributed by atoms with Gasteiger partial charge >= 0.3 is 0 Å². The van der Waals surface area contributed by atoms with Crippen LogP contribution in [0.2, 0.25) is 0 Å². The molecule has 0 radical (unpaired) electrons. The molecule has 1 rings (SSSR count). The molecular formula is C7H9ClF2N2O3S. The van der Waals surface area contributed by atoms with Crippen LogP contribution in [0.25, 0.3) is 0 Å². The number of halogens is 3. The smallest absolute Gasteiger partial charge is 0.264 e. The molecule has 0 atom stereocenters. The maximum Gasteiger partial charge on any atom is 0.264 e. The maximum absolute atomic E-state index is 11.8. The second kappa shape index (κ2) is 5.07. The van der Waals surface area contributed by atoms with Gasteiger partial charge in [0.1, 0.15) is 17.2 Å². The minimum absolute atomic E-state index is 0.0122. The zero-order valence-electron chi connectivity index (χ0n) is 8.23. The van der Waals surface area contributed by atoms with E-state index in [1.54, 1.807) is 0 Å². The van der Waals surface area contributed by atoms with Crippen molar-refractivity contribution in [1.82, 2.24) is 9.78 Å². The van der Waals surface area contributed by atoms with Crippen LogP contribution in [-0.2, 0) is 27.4 Å². The Morgan fingerprint density at radius 1 is 1.62 bits per heavy atom. The second-order valence-electron chi connectivity index (χ2n) is 2.96. The van der Waals surface area contributed by atoms with E-state index in [-0.39, 0.29) is 17.2 Å². The number of hydrogen-bond donors (Lipinski definition) is 0. The van der Waals surface area contributed by atoms with Crippen molar-refractivity contribution in [3.63, 3.8) is 0 Å². The molecule has 0 N–H and O–H groups in total. The lowest BCUT2D eigenvalue weighted by molar-refractivity contribution is 0.00807. The van der Waals surface area contributed by atoms with Crippen LogP contribution < -0.4 is 0 Å². The maximum atomic E-state index is 11.8. The van der Waals surface area contributed by atoms with E-state index >= 15 is 0 Å². The minimum atomic E-state index is -3.94. The normalized spacial score (nSPS) is 12.3. The molecule has 0 unspecified atom stereocenters. The van der Waals surface area contributed by atoms with E-state index in [1.807, 2.05) is 0 Å². The summed E-state index contributed by atoms with van der Waals surface area (Å²) in [6.07, 6.45) is -1.43. The van der Waals surface area contributed by atoms with Crippen molar-refractivity contribution < 1.29 is 21.9 Å². The fraction of sp³-hybridized carbons (Fsp3) is 0.571. The molecule has 0 aliphatic rings. The number of hydrogen-bond acceptors (Lipinski definition) is 4. The average molecular weight is 275 g/mol. The highest BCUT2D eigenvalue weighted by Gasteiger charge is 2.19. The first kappa shape index (κ1) is 13.3. The highest BCUT2D eigenvalue weighted by Crippen LogP contribution is 2.19. The molecule has 1 aromatic rings. The van der Waals surface area contributed by atoms with Crippen molar-refractivity contribution in [3.05, 3.63) is 11.9 Å². The molecule has 1 aromatic heterocycles. The molecule has 0 amide bonds. The molecule has 0 saturated heterocycles. The van der Waals surface area contributed by atoms with Crippen molar-refractivity contribution >= 4 is 19.7 Å². The molecular weight excluding hydrogens is 266 g/mol. The Kier molecular flexibility index (Phi) is 4.22. The predicted molar refractivity (Wildman–Crippen MR) is 51.9 cm³/mol. The summed E-state index contributed by atoms with van der Waals surface area (Å²) < 4.78 is 51.5. The van der Waals surface area contributed by atoms with Gasteiger partial charge in [0.25, 0.3) is 15.5 Å². The molecule has 0 aliphatic carbocycles. The van der Waals surface area contributed by atoms with E-state index in [0.717, 1.165) is 0 Å². The van der Waals surface area contributed by atoms with Gasteiger partial charge in [-0.25, -0.2) is 17.2 Å². The van der Waals surface area contributed by atoms with Gasteiger partial charge in [-0.2, -0.15) is 5.10 Å². The topological polar surface area (TPSA) is 61.2 Å². The summed E-state index contributed by atoms with van der Waals surface area (Å²) in [6.45, 7) is -1.11. The summed E-state index contributed by atoms with van der Waals surface area (Å²) >= 11 is 0. The summed E-state index contributed by atoms with van der Waals surface area (Å²) in [4.78, 5) is -0.231. The summed E-state index contributed by atoms with van der Waals surface area (Å²) in [7, 11) is 2.68. The molecule has 0 aliphatic heterocycles. The number of ether oxygens (including phenoxy) is 1. The zero-order chi connectivity index (χ0) is 12.3. The van der Waals surface area contributed by atoms with Crippen LogP contribution in [-0.4, -0.2) is 31.2 Å². The predicted octanol–water partition coefficient (Wildman–Crippen LogP) is 1.13. The van der Waals surface area contributed by atoms with E-state index in [2.05, 4.69) is 9.84 Å². The van der Waals surface area contributed by atoms with Gasteiger partial charge in [0.05, 0.1) is 6.61 Å². The third-order valence-corrected chi connectivity index (χ3v) is 2.98. The van der Waals surface area contributed by atoms with E-state index in [0.29, 0.717) is 0 Å². The number of nitrogens with zero attached hydrogens (tertiary/aromatic N) is 2. The van der Waals surface area contributed by atoms with Crippen LogP contribution in [0.4, 0.5) is 8.78 Å². The first-order valence-electron chi connectivity index (χ1n) is 4.14. The zero-order valence-corrected chi connectivity index (χ0v) is 9.80. The second-order valence-corrected chi connectivity index (χ2v) is 5.49. The quantitative estimate of drug-likeness (QED) is 0.755. The highest BCUT2D eigenvalue weighted by atomic mass is 35.7. The van der Waals surface area contributed by atoms with E-state index in [1.165, 1.54) is 17.9 Å². The third kappa shape index (κ3) is 3.69. The first-order chi connectivity index (χ1) is 7.30. The van der Waals surface area contributed by atoms with Gasteiger partial charge in [-0.15, -0.1) is 0 Å². The Bertz CT molecular complexity index is 460. The van der Waals surface area contributed by atoms with Gasteiger partial charge in [0.2, 0.25) is 0 Å². The van der Waals surface area contributed by atoms with Crippen LogP contribution in [0.3, 0.4) is 0 Å². The Labute approximate surface area is 95.4 Å². The van der Waals surface area contributed by atoms with E-state index in [4.69, 9.17) is 10.7 Å². The van der Waals surface area contributed by atoms with Gasteiger partial charge in [0.15, 0.2) is 0 Å². The standard InChI is InChI=1S/C7H9ClF2N2O3S/c1-12-2-6(16(8,13)14)5(11-12)3-15-4-7(9)10/h2,7H,3-4H2,1H3. The Morgan fingerprint density at radius 3 is 2.75 bits per heavy atom. The molecule has 0 bridgehead atoms. The van der Waals surface area contributed by atoms with Crippen molar-refractivity contribution in [1.29, 1.82) is 0 Å². The minimum Gasteiger partial charge on any atom is -0.369 e. The fourth-order valence-electron chi connectivity index (χ4n) is 1.06. The van der Waals surface area contributed by atoms with Crippen LogP contribution in [0.15, 0.2) is 11.1 Å². The van der Waals surface area contributed by atoms with Crippen molar-refractivity contribution in [2.75, 3.05) is 6.61 Å². The van der Waals surface area contributed by atoms with E-state index < -0.39 is 22.1 Å². The number of alkyl halides is 2. The van der Waals surface area contributed by atoms with Gasteiger partial charge in [-0.05, 0) is 0 Å². The molecule has 16 heavy (non-hydrogen) atoms. The summed E-state index contributed by atoms with van der Waals surface area (Å²) in [5, 5.41) is 3.76. The number of aromatic nitrogens is 2. The van der Waals surface area contributed by atoms with E-state index in [9.17, 15) is 17.2 Å². The van der Waals surface area contributed by atoms with Gasteiger partial charge in [0, 0.05) is 23.9 Å². The molecule has 5 nitrogen and oxygen atoms in total. The fourth-order valence-corrected chi connectivity index (χ4v) is 2.11. The van der Waals surface area contributed by atoms with Gasteiger partial charge in [-0.3, -0.25) is 4.68 Å².